The van der Waals surface area contributed by atoms with Crippen LogP contribution in [0.2, 0.25) is 0 Å². The summed E-state index contributed by atoms with van der Waals surface area (Å²) in [4.78, 5) is 11.4. The zero-order valence-corrected chi connectivity index (χ0v) is 9.56. The first-order valence-corrected chi connectivity index (χ1v) is 4.40. The van der Waals surface area contributed by atoms with E-state index in [-0.39, 0.29) is 18.3 Å². The summed E-state index contributed by atoms with van der Waals surface area (Å²) in [7, 11) is 1.52. The highest BCUT2D eigenvalue weighted by Crippen LogP contribution is 2.21. The van der Waals surface area contributed by atoms with Gasteiger partial charge in [-0.1, -0.05) is 0 Å². The van der Waals surface area contributed by atoms with Crippen LogP contribution in [0.4, 0.5) is 5.69 Å². The molecular formula is C10H15ClN2O2. The number of hydrogen-bond acceptors (Lipinski definition) is 3. The zero-order chi connectivity index (χ0) is 10.6. The summed E-state index contributed by atoms with van der Waals surface area (Å²) in [6.45, 7) is 2.47. The minimum atomic E-state index is -0.120. The highest BCUT2D eigenvalue weighted by molar-refractivity contribution is 5.95. The summed E-state index contributed by atoms with van der Waals surface area (Å²) in [6, 6.07) is 4.95. The van der Waals surface area contributed by atoms with E-state index in [1.54, 1.807) is 18.2 Å². The van der Waals surface area contributed by atoms with Gasteiger partial charge in [-0.3, -0.25) is 4.79 Å². The van der Waals surface area contributed by atoms with Crippen molar-refractivity contribution in [1.29, 1.82) is 0 Å². The van der Waals surface area contributed by atoms with E-state index in [2.05, 4.69) is 5.32 Å². The van der Waals surface area contributed by atoms with Crippen LogP contribution in [-0.2, 0) is 0 Å². The van der Waals surface area contributed by atoms with Crippen LogP contribution in [0.5, 0.6) is 5.75 Å². The molecule has 5 heteroatoms. The lowest BCUT2D eigenvalue weighted by Crippen LogP contribution is -2.22. The lowest BCUT2D eigenvalue weighted by molar-refractivity contribution is 0.0955. The summed E-state index contributed by atoms with van der Waals surface area (Å²) in [5.41, 5.74) is 6.70. The second kappa shape index (κ2) is 6.14. The average Bonchev–Trinajstić information content (AvgIpc) is 2.19. The monoisotopic (exact) mass is 230 g/mol. The number of anilines is 1. The van der Waals surface area contributed by atoms with E-state index in [4.69, 9.17) is 10.5 Å². The molecule has 1 aromatic rings. The van der Waals surface area contributed by atoms with E-state index in [9.17, 15) is 4.79 Å². The van der Waals surface area contributed by atoms with Gasteiger partial charge in [0, 0.05) is 12.1 Å². The Bertz CT molecular complexity index is 342. The minimum absolute atomic E-state index is 0. The molecule has 0 fully saturated rings. The van der Waals surface area contributed by atoms with Crippen molar-refractivity contribution in [3.8, 4) is 5.75 Å². The molecule has 3 N–H and O–H groups in total. The summed E-state index contributed by atoms with van der Waals surface area (Å²) in [5, 5.41) is 2.70. The third kappa shape index (κ3) is 3.32. The van der Waals surface area contributed by atoms with Gasteiger partial charge in [-0.2, -0.15) is 0 Å². The molecule has 0 radical (unpaired) electrons. The van der Waals surface area contributed by atoms with E-state index in [0.29, 0.717) is 23.5 Å². The quantitative estimate of drug-likeness (QED) is 0.773. The van der Waals surface area contributed by atoms with E-state index < -0.39 is 0 Å². The van der Waals surface area contributed by atoms with Crippen molar-refractivity contribution in [2.24, 2.45) is 0 Å². The fourth-order valence-electron chi connectivity index (χ4n) is 1.12. The molecule has 1 rings (SSSR count). The van der Waals surface area contributed by atoms with Gasteiger partial charge < -0.3 is 15.8 Å². The Morgan fingerprint density at radius 1 is 1.53 bits per heavy atom. The van der Waals surface area contributed by atoms with E-state index in [0.717, 1.165) is 0 Å². The summed E-state index contributed by atoms with van der Waals surface area (Å²) in [5.74, 6) is 0.402. The third-order valence-corrected chi connectivity index (χ3v) is 1.83. The van der Waals surface area contributed by atoms with Gasteiger partial charge in [-0.15, -0.1) is 12.4 Å². The van der Waals surface area contributed by atoms with Gasteiger partial charge in [0.05, 0.1) is 12.8 Å². The van der Waals surface area contributed by atoms with Gasteiger partial charge in [-0.25, -0.2) is 0 Å². The number of ether oxygens (including phenoxy) is 1. The first kappa shape index (κ1) is 13.6. The van der Waals surface area contributed by atoms with Gasteiger partial charge in [0.15, 0.2) is 0 Å². The van der Waals surface area contributed by atoms with Gasteiger partial charge >= 0.3 is 0 Å². The Kier molecular flexibility index (Phi) is 5.56. The fraction of sp³-hybridized carbons (Fsp3) is 0.300. The van der Waals surface area contributed by atoms with Crippen LogP contribution in [-0.4, -0.2) is 19.6 Å². The number of nitrogens with two attached hydrogens (primary N) is 1. The average molecular weight is 231 g/mol. The predicted octanol–water partition coefficient (Wildman–Crippen LogP) is 1.45. The molecule has 15 heavy (non-hydrogen) atoms. The van der Waals surface area contributed by atoms with Gasteiger partial charge in [0.2, 0.25) is 0 Å². The summed E-state index contributed by atoms with van der Waals surface area (Å²) < 4.78 is 5.01. The van der Waals surface area contributed by atoms with Crippen molar-refractivity contribution in [3.63, 3.8) is 0 Å². The molecule has 84 valence electrons. The van der Waals surface area contributed by atoms with Crippen molar-refractivity contribution in [2.45, 2.75) is 6.92 Å². The molecule has 0 atom stereocenters. The molecule has 0 bridgehead atoms. The SMILES string of the molecule is CCNC(=O)c1ccc(N)c(OC)c1.Cl. The Hall–Kier alpha value is -1.42. The van der Waals surface area contributed by atoms with Crippen LogP contribution in [0, 0.1) is 0 Å². The van der Waals surface area contributed by atoms with Crippen molar-refractivity contribution >= 4 is 24.0 Å². The van der Waals surface area contributed by atoms with Crippen LogP contribution in [0.25, 0.3) is 0 Å². The smallest absolute Gasteiger partial charge is 0.251 e. The minimum Gasteiger partial charge on any atom is -0.495 e. The molecule has 0 unspecified atom stereocenters. The molecule has 0 saturated carbocycles. The van der Waals surface area contributed by atoms with Gasteiger partial charge in [0.1, 0.15) is 5.75 Å². The predicted molar refractivity (Wildman–Crippen MR) is 62.7 cm³/mol. The molecule has 0 aliphatic heterocycles. The molecule has 0 aromatic heterocycles. The number of hydrogen-bond donors (Lipinski definition) is 2. The van der Waals surface area contributed by atoms with Crippen LogP contribution in [0.15, 0.2) is 18.2 Å². The number of nitrogens with one attached hydrogen (secondary N) is 1. The molecule has 0 saturated heterocycles. The zero-order valence-electron chi connectivity index (χ0n) is 8.74. The molecule has 0 spiro atoms. The van der Waals surface area contributed by atoms with Gasteiger partial charge in [-0.05, 0) is 25.1 Å². The van der Waals surface area contributed by atoms with Crippen molar-refractivity contribution in [3.05, 3.63) is 23.8 Å². The molecule has 0 heterocycles. The van der Waals surface area contributed by atoms with E-state index in [1.165, 1.54) is 7.11 Å². The topological polar surface area (TPSA) is 64.4 Å². The second-order valence-corrected chi connectivity index (χ2v) is 2.82. The van der Waals surface area contributed by atoms with E-state index in [1.807, 2.05) is 6.92 Å². The Morgan fingerprint density at radius 3 is 2.73 bits per heavy atom. The van der Waals surface area contributed by atoms with Crippen LogP contribution >= 0.6 is 12.4 Å². The molecule has 1 aromatic carbocycles. The Balaban J connectivity index is 0.00000196. The lowest BCUT2D eigenvalue weighted by atomic mass is 10.2. The largest absolute Gasteiger partial charge is 0.495 e. The van der Waals surface area contributed by atoms with Crippen LogP contribution in [0.1, 0.15) is 17.3 Å². The second-order valence-electron chi connectivity index (χ2n) is 2.82. The molecular weight excluding hydrogens is 216 g/mol. The fourth-order valence-corrected chi connectivity index (χ4v) is 1.12. The first-order chi connectivity index (χ1) is 6.69. The lowest BCUT2D eigenvalue weighted by Gasteiger charge is -2.07. The van der Waals surface area contributed by atoms with Crippen molar-refractivity contribution < 1.29 is 9.53 Å². The van der Waals surface area contributed by atoms with Crippen LogP contribution in [0.3, 0.4) is 0 Å². The maximum absolute atomic E-state index is 11.4. The Morgan fingerprint density at radius 2 is 2.20 bits per heavy atom. The highest BCUT2D eigenvalue weighted by Gasteiger charge is 2.07. The third-order valence-electron chi connectivity index (χ3n) is 1.83. The maximum atomic E-state index is 11.4. The normalized spacial score (nSPS) is 8.93. The summed E-state index contributed by atoms with van der Waals surface area (Å²) >= 11 is 0. The summed E-state index contributed by atoms with van der Waals surface area (Å²) in [6.07, 6.45) is 0. The standard InChI is InChI=1S/C10H14N2O2.ClH/c1-3-12-10(13)7-4-5-8(11)9(6-7)14-2;/h4-6H,3,11H2,1-2H3,(H,12,13);1H. The first-order valence-electron chi connectivity index (χ1n) is 4.40. The molecule has 4 nitrogen and oxygen atoms in total. The molecule has 1 amide bonds. The Labute approximate surface area is 95.2 Å². The number of halogens is 1. The number of methoxy groups -OCH3 is 1. The van der Waals surface area contributed by atoms with Gasteiger partial charge in [0.25, 0.3) is 5.91 Å². The van der Waals surface area contributed by atoms with Crippen molar-refractivity contribution in [1.82, 2.24) is 5.32 Å². The molecule has 0 aliphatic carbocycles. The number of amides is 1. The van der Waals surface area contributed by atoms with Crippen LogP contribution < -0.4 is 15.8 Å². The maximum Gasteiger partial charge on any atom is 0.251 e. The number of carbonyl (C=O) groups excluding carboxylic acids is 1. The van der Waals surface area contributed by atoms with E-state index >= 15 is 0 Å². The number of carbonyl (C=O) groups is 1. The number of rotatable bonds is 3. The van der Waals surface area contributed by atoms with Crippen molar-refractivity contribution in [2.75, 3.05) is 19.4 Å². The highest BCUT2D eigenvalue weighted by atomic mass is 35.5. The molecule has 0 aliphatic rings. The number of nitrogen functional groups attached to an aromatic ring is 1. The number of benzene rings is 1.